The van der Waals surface area contributed by atoms with Crippen LogP contribution < -0.4 is 4.72 Å². The van der Waals surface area contributed by atoms with Gasteiger partial charge in [0.2, 0.25) is 0 Å². The zero-order valence-corrected chi connectivity index (χ0v) is 11.1. The van der Waals surface area contributed by atoms with Gasteiger partial charge in [-0.1, -0.05) is 0 Å². The van der Waals surface area contributed by atoms with Gasteiger partial charge in [-0.25, -0.2) is 0 Å². The molecule has 0 bridgehead atoms. The van der Waals surface area contributed by atoms with Crippen molar-refractivity contribution in [3.05, 3.63) is 0 Å². The van der Waals surface area contributed by atoms with Crippen LogP contribution in [-0.2, 0) is 10.0 Å². The topological polar surface area (TPSA) is 46.2 Å². The molecule has 0 amide bonds. The van der Waals surface area contributed by atoms with Crippen LogP contribution in [0.5, 0.6) is 0 Å². The first-order valence-corrected chi connectivity index (χ1v) is 10.0. The maximum absolute atomic E-state index is 11.9. The number of hydrogen-bond acceptors (Lipinski definition) is 2. The summed E-state index contributed by atoms with van der Waals surface area (Å²) in [7, 11) is -4.64. The van der Waals surface area contributed by atoms with E-state index in [-0.39, 0.29) is 5.75 Å². The van der Waals surface area contributed by atoms with E-state index in [1.54, 1.807) is 0 Å². The number of sulfonamides is 1. The summed E-state index contributed by atoms with van der Waals surface area (Å²) in [5.41, 5.74) is 0. The van der Waals surface area contributed by atoms with Gasteiger partial charge in [0.05, 0.1) is 0 Å². The molecule has 0 spiro atoms. The molecule has 3 nitrogen and oxygen atoms in total. The second-order valence-corrected chi connectivity index (χ2v) is 11.5. The molecule has 1 N–H and O–H groups in total. The average Bonchev–Trinajstić information content (AvgIpc) is 2.64. The van der Waals surface area contributed by atoms with Crippen LogP contribution in [0.2, 0.25) is 0 Å². The van der Waals surface area contributed by atoms with Crippen molar-refractivity contribution in [1.82, 2.24) is 4.72 Å². The Morgan fingerprint density at radius 1 is 1.33 bits per heavy atom. The van der Waals surface area contributed by atoms with Crippen LogP contribution in [0.25, 0.3) is 0 Å². The van der Waals surface area contributed by atoms with Crippen LogP contribution in [0.3, 0.4) is 0 Å². The summed E-state index contributed by atoms with van der Waals surface area (Å²) in [6.07, 6.45) is 7.01. The quantitative estimate of drug-likeness (QED) is 0.577. The second kappa shape index (κ2) is 5.55. The molecule has 1 aliphatic rings. The van der Waals surface area contributed by atoms with Crippen molar-refractivity contribution >= 4 is 17.3 Å². The van der Waals surface area contributed by atoms with E-state index >= 15 is 0 Å². The summed E-state index contributed by atoms with van der Waals surface area (Å²) < 4.78 is 36.4. The summed E-state index contributed by atoms with van der Waals surface area (Å²) >= 11 is 0. The Labute approximate surface area is 92.2 Å². The van der Waals surface area contributed by atoms with Crippen LogP contribution in [0, 0.1) is 0 Å². The van der Waals surface area contributed by atoms with Gasteiger partial charge in [0.25, 0.3) is 0 Å². The van der Waals surface area contributed by atoms with Gasteiger partial charge in [-0.2, -0.15) is 0 Å². The first-order chi connectivity index (χ1) is 7.04. The average molecular weight is 257 g/mol. The van der Waals surface area contributed by atoms with Crippen molar-refractivity contribution in [2.45, 2.75) is 19.8 Å². The number of rotatable bonds is 6. The maximum atomic E-state index is 11.9. The van der Waals surface area contributed by atoms with Crippen LogP contribution in [-0.4, -0.2) is 45.6 Å². The molecule has 1 fully saturated rings. The van der Waals surface area contributed by atoms with E-state index in [2.05, 4.69) is 6.92 Å². The molecule has 0 aromatic rings. The van der Waals surface area contributed by atoms with E-state index in [1.165, 1.54) is 25.2 Å². The molecule has 1 saturated heterocycles. The van der Waals surface area contributed by atoms with Crippen LogP contribution in [0.15, 0.2) is 0 Å². The van der Waals surface area contributed by atoms with Crippen molar-refractivity contribution in [2.24, 2.45) is 0 Å². The Balaban J connectivity index is 2.47. The Bertz CT molecular complexity index is 288. The fourth-order valence-corrected chi connectivity index (χ4v) is 9.34. The molecule has 92 valence electrons. The summed E-state index contributed by atoms with van der Waals surface area (Å²) in [6.45, 7) is 1.19. The summed E-state index contributed by atoms with van der Waals surface area (Å²) in [5, 5.41) is 0. The molecular weight excluding hydrogens is 236 g/mol. The van der Waals surface area contributed by atoms with Crippen molar-refractivity contribution in [2.75, 3.05) is 37.2 Å². The normalized spacial score (nSPS) is 22.8. The monoisotopic (exact) mass is 257 g/mol. The molecule has 0 radical (unpaired) electrons. The minimum atomic E-state index is -3.36. The third kappa shape index (κ3) is 3.97. The number of alkyl halides is 1. The Morgan fingerprint density at radius 3 is 2.40 bits per heavy atom. The van der Waals surface area contributed by atoms with E-state index in [0.717, 1.165) is 12.3 Å². The molecule has 0 aromatic carbocycles. The van der Waals surface area contributed by atoms with Gasteiger partial charge >= 0.3 is 91.8 Å². The fourth-order valence-electron chi connectivity index (χ4n) is 2.41. The zero-order chi connectivity index (χ0) is 11.4. The molecule has 0 aromatic heterocycles. The Hall–Kier alpha value is 0.270. The molecule has 0 saturated carbocycles. The molecule has 1 heterocycles. The van der Waals surface area contributed by atoms with Gasteiger partial charge in [-0.05, 0) is 0 Å². The predicted molar refractivity (Wildman–Crippen MR) is 65.6 cm³/mol. The van der Waals surface area contributed by atoms with Gasteiger partial charge in [0.1, 0.15) is 0 Å². The third-order valence-corrected chi connectivity index (χ3v) is 10.9. The van der Waals surface area contributed by atoms with E-state index in [4.69, 9.17) is 0 Å². The predicted octanol–water partition coefficient (Wildman–Crippen LogP) is 1.40. The zero-order valence-electron chi connectivity index (χ0n) is 9.26. The molecule has 15 heavy (non-hydrogen) atoms. The second-order valence-electron chi connectivity index (χ2n) is 4.41. The molecule has 0 atom stereocenters. The summed E-state index contributed by atoms with van der Waals surface area (Å²) in [6, 6.07) is 0. The van der Waals surface area contributed by atoms with Gasteiger partial charge in [0.15, 0.2) is 0 Å². The third-order valence-electron chi connectivity index (χ3n) is 3.59. The van der Waals surface area contributed by atoms with E-state index in [1.807, 2.05) is 4.72 Å². The molecule has 6 heteroatoms. The summed E-state index contributed by atoms with van der Waals surface area (Å²) in [4.78, 5) is 0. The van der Waals surface area contributed by atoms with Crippen LogP contribution in [0.1, 0.15) is 19.8 Å². The molecule has 1 aliphatic heterocycles. The van der Waals surface area contributed by atoms with Crippen molar-refractivity contribution in [3.8, 4) is 0 Å². The van der Waals surface area contributed by atoms with Crippen LogP contribution in [0.4, 0.5) is 4.39 Å². The Kier molecular flexibility index (Phi) is 4.94. The summed E-state index contributed by atoms with van der Waals surface area (Å²) in [5.74, 6) is 0.122. The first-order valence-electron chi connectivity index (χ1n) is 5.57. The molecule has 0 unspecified atom stereocenters. The Morgan fingerprint density at radius 2 is 1.93 bits per heavy atom. The van der Waals surface area contributed by atoms with Gasteiger partial charge in [-0.15, -0.1) is 0 Å². The van der Waals surface area contributed by atoms with Crippen molar-refractivity contribution in [3.63, 3.8) is 0 Å². The van der Waals surface area contributed by atoms with E-state index < -0.39 is 24.1 Å². The molecule has 1 rings (SSSR count). The van der Waals surface area contributed by atoms with Gasteiger partial charge < -0.3 is 0 Å². The van der Waals surface area contributed by atoms with E-state index in [9.17, 15) is 12.8 Å². The van der Waals surface area contributed by atoms with Crippen molar-refractivity contribution < 1.29 is 12.8 Å². The van der Waals surface area contributed by atoms with E-state index in [0.29, 0.717) is 0 Å². The minimum absolute atomic E-state index is 0.122. The number of nitrogens with one attached hydrogen (secondary N) is 1. The van der Waals surface area contributed by atoms with Gasteiger partial charge in [-0.3, -0.25) is 0 Å². The van der Waals surface area contributed by atoms with Crippen molar-refractivity contribution in [1.29, 1.82) is 0 Å². The van der Waals surface area contributed by atoms with Gasteiger partial charge in [0, 0.05) is 0 Å². The SMILES string of the molecule is CC[PH]1(CCS(=O)(=O)NCF)CCCC1. The molecular formula is C9H21FNO2PS. The molecule has 0 aliphatic carbocycles. The first kappa shape index (κ1) is 13.3. The number of hydrogen-bond donors (Lipinski definition) is 1. The standard InChI is InChI=1S/C9H21FNO2PS/c1-2-14(5-3-4-6-14)7-8-15(12,13)11-9-10/h11,14H,2-9H2,1H3. The fraction of sp³-hybridized carbons (Fsp3) is 1.00. The van der Waals surface area contributed by atoms with Crippen LogP contribution >= 0.6 is 7.26 Å². The number of halogens is 1.